The summed E-state index contributed by atoms with van der Waals surface area (Å²) in [5.41, 5.74) is 1.06. The summed E-state index contributed by atoms with van der Waals surface area (Å²) in [5.74, 6) is 0.902. The molecule has 1 aromatic heterocycles. The average molecular weight is 387 g/mol. The van der Waals surface area contributed by atoms with Crippen LogP contribution in [0.1, 0.15) is 32.1 Å². The van der Waals surface area contributed by atoms with Gasteiger partial charge in [-0.1, -0.05) is 36.3 Å². The molecule has 1 aliphatic carbocycles. The molecule has 27 heavy (non-hydrogen) atoms. The molecule has 146 valence electrons. The van der Waals surface area contributed by atoms with Gasteiger partial charge in [0.25, 0.3) is 0 Å². The maximum Gasteiger partial charge on any atom is 0.191 e. The second kappa shape index (κ2) is 8.89. The predicted octanol–water partition coefficient (Wildman–Crippen LogP) is 2.89. The highest BCUT2D eigenvalue weighted by Crippen LogP contribution is 2.26. The molecule has 4 rings (SSSR count). The molecule has 6 nitrogen and oxygen atoms in total. The van der Waals surface area contributed by atoms with Crippen molar-refractivity contribution in [3.8, 4) is 0 Å². The molecule has 0 amide bonds. The number of nitrogens with zero attached hydrogens (tertiary/aromatic N) is 3. The minimum Gasteiger partial charge on any atom is -0.360 e. The van der Waals surface area contributed by atoms with E-state index in [1.54, 1.807) is 11.3 Å². The average Bonchev–Trinajstić information content (AvgIpc) is 3.44. The standard InChI is InChI=1S/C20H30N6S/c1-21-19(24-15-10-13-26(14-15)16-6-2-3-7-16)22-11-12-23-20-25-17-8-4-5-9-18(17)27-20/h4-5,8-9,15-16H,2-3,6-7,10-14H2,1H3,(H,23,25)(H2,21,22,24). The third-order valence-corrected chi connectivity index (χ3v) is 6.61. The molecule has 1 atom stereocenters. The van der Waals surface area contributed by atoms with E-state index in [-0.39, 0.29) is 0 Å². The van der Waals surface area contributed by atoms with Crippen LogP contribution in [0.2, 0.25) is 0 Å². The van der Waals surface area contributed by atoms with E-state index in [0.717, 1.165) is 42.3 Å². The van der Waals surface area contributed by atoms with Gasteiger partial charge < -0.3 is 16.0 Å². The van der Waals surface area contributed by atoms with Crippen molar-refractivity contribution >= 4 is 32.6 Å². The van der Waals surface area contributed by atoms with Gasteiger partial charge in [-0.25, -0.2) is 4.98 Å². The molecular weight excluding hydrogens is 356 g/mol. The largest absolute Gasteiger partial charge is 0.360 e. The Morgan fingerprint density at radius 2 is 2.07 bits per heavy atom. The predicted molar refractivity (Wildman–Crippen MR) is 115 cm³/mol. The zero-order valence-electron chi connectivity index (χ0n) is 16.1. The van der Waals surface area contributed by atoms with E-state index in [4.69, 9.17) is 0 Å². The summed E-state index contributed by atoms with van der Waals surface area (Å²) in [7, 11) is 1.85. The van der Waals surface area contributed by atoms with E-state index in [0.29, 0.717) is 6.04 Å². The van der Waals surface area contributed by atoms with Crippen molar-refractivity contribution in [1.82, 2.24) is 20.5 Å². The highest BCUT2D eigenvalue weighted by atomic mass is 32.1. The van der Waals surface area contributed by atoms with Gasteiger partial charge in [0.1, 0.15) is 0 Å². The van der Waals surface area contributed by atoms with E-state index in [1.165, 1.54) is 43.3 Å². The van der Waals surface area contributed by atoms with Crippen molar-refractivity contribution in [2.24, 2.45) is 4.99 Å². The fraction of sp³-hybridized carbons (Fsp3) is 0.600. The Bertz CT molecular complexity index is 734. The van der Waals surface area contributed by atoms with Crippen LogP contribution in [0, 0.1) is 0 Å². The lowest BCUT2D eigenvalue weighted by molar-refractivity contribution is 0.242. The van der Waals surface area contributed by atoms with Gasteiger partial charge >= 0.3 is 0 Å². The maximum absolute atomic E-state index is 4.61. The van der Waals surface area contributed by atoms with Gasteiger partial charge in [0, 0.05) is 45.3 Å². The number of hydrogen-bond acceptors (Lipinski definition) is 5. The van der Waals surface area contributed by atoms with Crippen molar-refractivity contribution in [1.29, 1.82) is 0 Å². The lowest BCUT2D eigenvalue weighted by Gasteiger charge is -2.24. The molecule has 1 unspecified atom stereocenters. The molecule has 0 radical (unpaired) electrons. The van der Waals surface area contributed by atoms with Crippen molar-refractivity contribution in [2.45, 2.75) is 44.2 Å². The Kier molecular flexibility index (Phi) is 6.09. The lowest BCUT2D eigenvalue weighted by Crippen LogP contribution is -2.46. The van der Waals surface area contributed by atoms with Gasteiger partial charge in [-0.15, -0.1) is 0 Å². The molecule has 2 fully saturated rings. The maximum atomic E-state index is 4.61. The molecule has 2 aromatic rings. The fourth-order valence-electron chi connectivity index (χ4n) is 4.19. The van der Waals surface area contributed by atoms with Crippen molar-refractivity contribution in [2.75, 3.05) is 38.5 Å². The molecule has 7 heteroatoms. The number of fused-ring (bicyclic) bond motifs is 1. The van der Waals surface area contributed by atoms with Crippen LogP contribution in [0.4, 0.5) is 5.13 Å². The Labute approximate surface area is 165 Å². The number of para-hydroxylation sites is 1. The number of likely N-dealkylation sites (tertiary alicyclic amines) is 1. The van der Waals surface area contributed by atoms with E-state index in [1.807, 2.05) is 13.1 Å². The molecular formula is C20H30N6S. The van der Waals surface area contributed by atoms with Gasteiger partial charge in [-0.3, -0.25) is 9.89 Å². The topological polar surface area (TPSA) is 64.6 Å². The number of hydrogen-bond donors (Lipinski definition) is 3. The molecule has 1 aliphatic heterocycles. The third-order valence-electron chi connectivity index (χ3n) is 5.61. The second-order valence-electron chi connectivity index (χ2n) is 7.48. The molecule has 2 heterocycles. The number of anilines is 1. The normalized spacial score (nSPS) is 21.8. The van der Waals surface area contributed by atoms with Crippen LogP contribution in [0.3, 0.4) is 0 Å². The molecule has 0 bridgehead atoms. The summed E-state index contributed by atoms with van der Waals surface area (Å²) in [4.78, 5) is 11.7. The number of thiazole rings is 1. The minimum atomic E-state index is 0.508. The quantitative estimate of drug-likeness (QED) is 0.405. The van der Waals surface area contributed by atoms with Gasteiger partial charge in [0.2, 0.25) is 0 Å². The van der Waals surface area contributed by atoms with Gasteiger partial charge in [-0.05, 0) is 31.4 Å². The van der Waals surface area contributed by atoms with E-state index in [2.05, 4.69) is 49.0 Å². The summed E-state index contributed by atoms with van der Waals surface area (Å²) in [6, 6.07) is 9.58. The Morgan fingerprint density at radius 3 is 2.89 bits per heavy atom. The SMILES string of the molecule is CN=C(NCCNc1nc2ccccc2s1)NC1CCN(C2CCCC2)C1. The Balaban J connectivity index is 1.18. The van der Waals surface area contributed by atoms with Crippen LogP contribution in [-0.4, -0.2) is 61.2 Å². The summed E-state index contributed by atoms with van der Waals surface area (Å²) >= 11 is 1.70. The van der Waals surface area contributed by atoms with Crippen LogP contribution in [-0.2, 0) is 0 Å². The molecule has 0 spiro atoms. The second-order valence-corrected chi connectivity index (χ2v) is 8.51. The van der Waals surface area contributed by atoms with Crippen LogP contribution < -0.4 is 16.0 Å². The zero-order valence-corrected chi connectivity index (χ0v) is 16.9. The summed E-state index contributed by atoms with van der Waals surface area (Å²) in [5, 5.41) is 11.4. The lowest BCUT2D eigenvalue weighted by atomic mass is 10.2. The van der Waals surface area contributed by atoms with Gasteiger partial charge in [0.05, 0.1) is 10.2 Å². The molecule has 1 saturated carbocycles. The monoisotopic (exact) mass is 386 g/mol. The van der Waals surface area contributed by atoms with E-state index < -0.39 is 0 Å². The van der Waals surface area contributed by atoms with Crippen molar-refractivity contribution < 1.29 is 0 Å². The van der Waals surface area contributed by atoms with Crippen LogP contribution in [0.25, 0.3) is 10.2 Å². The molecule has 1 saturated heterocycles. The summed E-state index contributed by atoms with van der Waals surface area (Å²) < 4.78 is 1.22. The number of guanidine groups is 1. The summed E-state index contributed by atoms with van der Waals surface area (Å²) in [6.07, 6.45) is 6.80. The number of aromatic nitrogens is 1. The van der Waals surface area contributed by atoms with Crippen molar-refractivity contribution in [3.63, 3.8) is 0 Å². The number of nitrogens with one attached hydrogen (secondary N) is 3. The zero-order chi connectivity index (χ0) is 18.5. The summed E-state index contributed by atoms with van der Waals surface area (Å²) in [6.45, 7) is 4.00. The minimum absolute atomic E-state index is 0.508. The molecule has 3 N–H and O–H groups in total. The molecule has 2 aliphatic rings. The Hall–Kier alpha value is -1.86. The van der Waals surface area contributed by atoms with Crippen molar-refractivity contribution in [3.05, 3.63) is 24.3 Å². The number of aliphatic imine (C=N–C) groups is 1. The van der Waals surface area contributed by atoms with E-state index >= 15 is 0 Å². The smallest absolute Gasteiger partial charge is 0.191 e. The first-order valence-corrected chi connectivity index (χ1v) is 10.9. The third kappa shape index (κ3) is 4.71. The highest BCUT2D eigenvalue weighted by molar-refractivity contribution is 7.22. The van der Waals surface area contributed by atoms with Crippen LogP contribution >= 0.6 is 11.3 Å². The van der Waals surface area contributed by atoms with E-state index in [9.17, 15) is 0 Å². The fourth-order valence-corrected chi connectivity index (χ4v) is 5.08. The van der Waals surface area contributed by atoms with Crippen LogP contribution in [0.5, 0.6) is 0 Å². The van der Waals surface area contributed by atoms with Gasteiger partial charge in [0.15, 0.2) is 11.1 Å². The first-order chi connectivity index (χ1) is 13.3. The first-order valence-electron chi connectivity index (χ1n) is 10.1. The number of rotatable bonds is 6. The molecule has 1 aromatic carbocycles. The Morgan fingerprint density at radius 1 is 1.22 bits per heavy atom. The van der Waals surface area contributed by atoms with Gasteiger partial charge in [-0.2, -0.15) is 0 Å². The first kappa shape index (κ1) is 18.5. The highest BCUT2D eigenvalue weighted by Gasteiger charge is 2.30. The van der Waals surface area contributed by atoms with Crippen LogP contribution in [0.15, 0.2) is 29.3 Å². The number of benzene rings is 1.